The van der Waals surface area contributed by atoms with Gasteiger partial charge in [-0.25, -0.2) is 0 Å². The quantitative estimate of drug-likeness (QED) is 0.726. The van der Waals surface area contributed by atoms with E-state index in [1.165, 1.54) is 6.07 Å². The zero-order chi connectivity index (χ0) is 14.8. The van der Waals surface area contributed by atoms with E-state index < -0.39 is 11.7 Å². The highest BCUT2D eigenvalue weighted by atomic mass is 79.9. The van der Waals surface area contributed by atoms with Gasteiger partial charge in [0.1, 0.15) is 17.8 Å². The van der Waals surface area contributed by atoms with E-state index >= 15 is 0 Å². The Bertz CT molecular complexity index is 639. The Morgan fingerprint density at radius 3 is 2.45 bits per heavy atom. The van der Waals surface area contributed by atoms with Crippen LogP contribution in [0.4, 0.5) is 13.2 Å². The molecule has 0 radical (unpaired) electrons. The lowest BCUT2D eigenvalue weighted by Crippen LogP contribution is -2.08. The number of ether oxygens (including phenoxy) is 1. The summed E-state index contributed by atoms with van der Waals surface area (Å²) in [5.74, 6) is -0.0788. The van der Waals surface area contributed by atoms with Crippen molar-refractivity contribution in [2.45, 2.75) is 6.18 Å². The van der Waals surface area contributed by atoms with Gasteiger partial charge in [-0.1, -0.05) is 22.0 Å². The van der Waals surface area contributed by atoms with Gasteiger partial charge in [-0.15, -0.1) is 0 Å². The predicted molar refractivity (Wildman–Crippen MR) is 71.0 cm³/mol. The van der Waals surface area contributed by atoms with Gasteiger partial charge in [-0.3, -0.25) is 4.79 Å². The first-order valence-corrected chi connectivity index (χ1v) is 6.29. The molecule has 0 spiro atoms. The average molecular weight is 345 g/mol. The summed E-state index contributed by atoms with van der Waals surface area (Å²) in [5, 5.41) is 0. The summed E-state index contributed by atoms with van der Waals surface area (Å²) >= 11 is 3.21. The van der Waals surface area contributed by atoms with Crippen LogP contribution >= 0.6 is 15.9 Å². The second-order valence-electron chi connectivity index (χ2n) is 3.93. The van der Waals surface area contributed by atoms with Crippen LogP contribution in [0.2, 0.25) is 0 Å². The molecule has 0 saturated heterocycles. The second-order valence-corrected chi connectivity index (χ2v) is 4.85. The Kier molecular flexibility index (Phi) is 4.13. The van der Waals surface area contributed by atoms with Gasteiger partial charge in [0.15, 0.2) is 0 Å². The minimum atomic E-state index is -4.60. The molecule has 0 heterocycles. The molecule has 0 bridgehead atoms. The molecule has 0 N–H and O–H groups in total. The number of hydrogen-bond acceptors (Lipinski definition) is 2. The fourth-order valence-electron chi connectivity index (χ4n) is 1.59. The van der Waals surface area contributed by atoms with Gasteiger partial charge in [0.2, 0.25) is 0 Å². The van der Waals surface area contributed by atoms with Crippen LogP contribution in [0, 0.1) is 0 Å². The van der Waals surface area contributed by atoms with Crippen LogP contribution in [0.1, 0.15) is 15.9 Å². The molecular weight excluding hydrogens is 337 g/mol. The van der Waals surface area contributed by atoms with Crippen molar-refractivity contribution in [1.82, 2.24) is 0 Å². The highest BCUT2D eigenvalue weighted by Gasteiger charge is 2.34. The zero-order valence-corrected chi connectivity index (χ0v) is 11.5. The van der Waals surface area contributed by atoms with Crippen molar-refractivity contribution in [3.63, 3.8) is 0 Å². The molecule has 2 aromatic rings. The molecule has 0 aliphatic heterocycles. The Morgan fingerprint density at radius 1 is 1.10 bits per heavy atom. The van der Waals surface area contributed by atoms with Gasteiger partial charge >= 0.3 is 6.18 Å². The Balaban J connectivity index is 2.43. The number of hydrogen-bond donors (Lipinski definition) is 0. The number of alkyl halides is 3. The van der Waals surface area contributed by atoms with E-state index in [-0.39, 0.29) is 17.1 Å². The highest BCUT2D eigenvalue weighted by Crippen LogP contribution is 2.38. The predicted octanol–water partition coefficient (Wildman–Crippen LogP) is 5.07. The lowest BCUT2D eigenvalue weighted by Gasteiger charge is -2.14. The smallest absolute Gasteiger partial charge is 0.420 e. The van der Waals surface area contributed by atoms with Crippen LogP contribution in [-0.4, -0.2) is 6.29 Å². The van der Waals surface area contributed by atoms with Crippen LogP contribution in [-0.2, 0) is 6.18 Å². The maximum atomic E-state index is 12.9. The molecule has 0 aliphatic rings. The first kappa shape index (κ1) is 14.6. The number of carbonyl (C=O) groups is 1. The highest BCUT2D eigenvalue weighted by molar-refractivity contribution is 9.10. The van der Waals surface area contributed by atoms with Gasteiger partial charge in [0.05, 0.1) is 5.56 Å². The molecule has 2 nitrogen and oxygen atoms in total. The van der Waals surface area contributed by atoms with E-state index in [1.54, 1.807) is 24.3 Å². The van der Waals surface area contributed by atoms with Crippen molar-refractivity contribution in [2.24, 2.45) is 0 Å². The summed E-state index contributed by atoms with van der Waals surface area (Å²) in [6, 6.07) is 9.63. The molecule has 0 aliphatic carbocycles. The summed E-state index contributed by atoms with van der Waals surface area (Å²) in [7, 11) is 0. The van der Waals surface area contributed by atoms with Gasteiger partial charge in [-0.05, 0) is 36.4 Å². The Labute approximate surface area is 121 Å². The van der Waals surface area contributed by atoms with E-state index in [0.29, 0.717) is 10.8 Å². The van der Waals surface area contributed by atoms with Crippen molar-refractivity contribution in [3.05, 3.63) is 58.1 Å². The Morgan fingerprint density at radius 2 is 1.85 bits per heavy atom. The summed E-state index contributed by atoms with van der Waals surface area (Å²) in [5.41, 5.74) is -1.04. The van der Waals surface area contributed by atoms with Crippen LogP contribution in [0.15, 0.2) is 46.9 Å². The third-order valence-electron chi connectivity index (χ3n) is 2.47. The molecule has 0 aromatic heterocycles. The summed E-state index contributed by atoms with van der Waals surface area (Å²) in [4.78, 5) is 10.6. The SMILES string of the molecule is O=Cc1ccc(Oc2cccc(Br)c2)c(C(F)(F)F)c1. The van der Waals surface area contributed by atoms with Gasteiger partial charge in [-0.2, -0.15) is 13.2 Å². The molecule has 6 heteroatoms. The van der Waals surface area contributed by atoms with Crippen LogP contribution in [0.3, 0.4) is 0 Å². The van der Waals surface area contributed by atoms with Gasteiger partial charge < -0.3 is 4.74 Å². The van der Waals surface area contributed by atoms with Gasteiger partial charge in [0, 0.05) is 10.0 Å². The maximum absolute atomic E-state index is 12.9. The normalized spacial score (nSPS) is 11.2. The number of halogens is 4. The lowest BCUT2D eigenvalue weighted by molar-refractivity contribution is -0.138. The third-order valence-corrected chi connectivity index (χ3v) is 2.96. The van der Waals surface area contributed by atoms with Crippen molar-refractivity contribution in [2.75, 3.05) is 0 Å². The third kappa shape index (κ3) is 3.39. The minimum Gasteiger partial charge on any atom is -0.457 e. The number of carbonyl (C=O) groups excluding carboxylic acids is 1. The van der Waals surface area contributed by atoms with Crippen LogP contribution in [0.25, 0.3) is 0 Å². The number of benzene rings is 2. The largest absolute Gasteiger partial charge is 0.457 e. The second kappa shape index (κ2) is 5.66. The zero-order valence-electron chi connectivity index (χ0n) is 9.95. The molecule has 104 valence electrons. The van der Waals surface area contributed by atoms with Crippen LogP contribution in [0.5, 0.6) is 11.5 Å². The topological polar surface area (TPSA) is 26.3 Å². The van der Waals surface area contributed by atoms with E-state index in [0.717, 1.165) is 12.1 Å². The van der Waals surface area contributed by atoms with Crippen LogP contribution < -0.4 is 4.74 Å². The Hall–Kier alpha value is -1.82. The summed E-state index contributed by atoms with van der Waals surface area (Å²) in [6.07, 6.45) is -4.24. The summed E-state index contributed by atoms with van der Waals surface area (Å²) in [6.45, 7) is 0. The van der Waals surface area contributed by atoms with Crippen molar-refractivity contribution in [3.8, 4) is 11.5 Å². The monoisotopic (exact) mass is 344 g/mol. The molecular formula is C14H8BrF3O2. The van der Waals surface area contributed by atoms with Crippen molar-refractivity contribution < 1.29 is 22.7 Å². The fraction of sp³-hybridized carbons (Fsp3) is 0.0714. The first-order chi connectivity index (χ1) is 9.40. The van der Waals surface area contributed by atoms with Gasteiger partial charge in [0.25, 0.3) is 0 Å². The molecule has 2 aromatic carbocycles. The van der Waals surface area contributed by atoms with E-state index in [9.17, 15) is 18.0 Å². The fourth-order valence-corrected chi connectivity index (χ4v) is 1.97. The molecule has 0 saturated carbocycles. The average Bonchev–Trinajstić information content (AvgIpc) is 2.38. The molecule has 0 fully saturated rings. The van der Waals surface area contributed by atoms with E-state index in [1.807, 2.05) is 0 Å². The molecule has 0 atom stereocenters. The minimum absolute atomic E-state index is 0.0566. The lowest BCUT2D eigenvalue weighted by atomic mass is 10.1. The van der Waals surface area contributed by atoms with Crippen molar-refractivity contribution >= 4 is 22.2 Å². The standard InChI is InChI=1S/C14H8BrF3O2/c15-10-2-1-3-11(7-10)20-13-5-4-9(8-19)6-12(13)14(16,17)18/h1-8H. The van der Waals surface area contributed by atoms with E-state index in [2.05, 4.69) is 15.9 Å². The molecule has 20 heavy (non-hydrogen) atoms. The molecule has 0 amide bonds. The van der Waals surface area contributed by atoms with E-state index in [4.69, 9.17) is 4.74 Å². The molecule has 0 unspecified atom stereocenters. The number of rotatable bonds is 3. The number of aldehydes is 1. The molecule has 2 rings (SSSR count). The first-order valence-electron chi connectivity index (χ1n) is 5.50. The summed E-state index contributed by atoms with van der Waals surface area (Å²) < 4.78 is 44.8. The van der Waals surface area contributed by atoms with Crippen molar-refractivity contribution in [1.29, 1.82) is 0 Å². The maximum Gasteiger partial charge on any atom is 0.420 e.